The zero-order chi connectivity index (χ0) is 19.8. The van der Waals surface area contributed by atoms with Crippen LogP contribution < -0.4 is 4.74 Å². The molecule has 0 aromatic heterocycles. The number of ether oxygens (including phenoxy) is 2. The molecular weight excluding hydrogens is 342 g/mol. The fourth-order valence-electron chi connectivity index (χ4n) is 2.42. The first-order valence-electron chi connectivity index (χ1n) is 8.58. The second-order valence-electron chi connectivity index (χ2n) is 5.91. The largest absolute Gasteiger partial charge is 0.497 e. The lowest BCUT2D eigenvalue weighted by molar-refractivity contribution is -0.141. The van der Waals surface area contributed by atoms with Crippen LogP contribution >= 0.6 is 0 Å². The highest BCUT2D eigenvalue weighted by Crippen LogP contribution is 2.16. The molecule has 2 rings (SSSR count). The zero-order valence-corrected chi connectivity index (χ0v) is 15.6. The van der Waals surface area contributed by atoms with Gasteiger partial charge in [-0.2, -0.15) is 5.26 Å². The number of ketones is 1. The maximum atomic E-state index is 12.4. The van der Waals surface area contributed by atoms with Crippen molar-refractivity contribution in [3.8, 4) is 11.8 Å². The molecule has 2 aromatic rings. The van der Waals surface area contributed by atoms with E-state index in [0.717, 1.165) is 12.0 Å². The molecule has 2 aromatic carbocycles. The highest BCUT2D eigenvalue weighted by atomic mass is 16.5. The van der Waals surface area contributed by atoms with Crippen LogP contribution in [-0.4, -0.2) is 25.0 Å². The third-order valence-corrected chi connectivity index (χ3v) is 4.07. The first-order valence-corrected chi connectivity index (χ1v) is 8.58. The summed E-state index contributed by atoms with van der Waals surface area (Å²) in [6, 6.07) is 15.9. The molecule has 0 saturated carbocycles. The molecule has 0 aliphatic rings. The number of rotatable bonds is 7. The number of esters is 1. The van der Waals surface area contributed by atoms with Crippen molar-refractivity contribution in [1.82, 2.24) is 0 Å². The Bertz CT molecular complexity index is 874. The van der Waals surface area contributed by atoms with E-state index in [1.165, 1.54) is 13.0 Å². The summed E-state index contributed by atoms with van der Waals surface area (Å²) >= 11 is 0. The number of carbonyl (C=O) groups excluding carboxylic acids is 2. The van der Waals surface area contributed by atoms with E-state index in [9.17, 15) is 14.9 Å². The lowest BCUT2D eigenvalue weighted by Crippen LogP contribution is -2.25. The minimum atomic E-state index is -0.988. The number of benzene rings is 2. The molecule has 0 N–H and O–H groups in total. The van der Waals surface area contributed by atoms with E-state index in [4.69, 9.17) is 9.47 Å². The lowest BCUT2D eigenvalue weighted by Gasteiger charge is -2.12. The van der Waals surface area contributed by atoms with Crippen LogP contribution in [0.3, 0.4) is 0 Å². The monoisotopic (exact) mass is 363 g/mol. The topological polar surface area (TPSA) is 76.4 Å². The van der Waals surface area contributed by atoms with Crippen molar-refractivity contribution in [3.63, 3.8) is 0 Å². The number of aryl methyl sites for hydroxylation is 1. The average molecular weight is 363 g/mol. The van der Waals surface area contributed by atoms with Gasteiger partial charge in [-0.05, 0) is 42.7 Å². The average Bonchev–Trinajstić information content (AvgIpc) is 2.71. The lowest BCUT2D eigenvalue weighted by atomic mass is 10.0. The third-order valence-electron chi connectivity index (χ3n) is 4.07. The van der Waals surface area contributed by atoms with Crippen LogP contribution in [0.2, 0.25) is 0 Å². The van der Waals surface area contributed by atoms with Gasteiger partial charge in [-0.3, -0.25) is 4.79 Å². The molecule has 27 heavy (non-hydrogen) atoms. The van der Waals surface area contributed by atoms with Crippen molar-refractivity contribution in [3.05, 3.63) is 70.8 Å². The van der Waals surface area contributed by atoms with Crippen LogP contribution in [0.4, 0.5) is 0 Å². The van der Waals surface area contributed by atoms with Gasteiger partial charge in [0.15, 0.2) is 6.10 Å². The minimum Gasteiger partial charge on any atom is -0.497 e. The molecule has 0 saturated heterocycles. The van der Waals surface area contributed by atoms with Gasteiger partial charge in [0.05, 0.1) is 7.11 Å². The molecule has 138 valence electrons. The van der Waals surface area contributed by atoms with E-state index in [-0.39, 0.29) is 11.4 Å². The molecule has 0 unspecified atom stereocenters. The molecule has 0 aliphatic heterocycles. The Morgan fingerprint density at radius 2 is 1.74 bits per heavy atom. The fraction of sp³-hybridized carbons (Fsp3) is 0.227. The summed E-state index contributed by atoms with van der Waals surface area (Å²) in [4.78, 5) is 24.7. The molecule has 0 aliphatic carbocycles. The van der Waals surface area contributed by atoms with Crippen LogP contribution in [0.15, 0.2) is 54.1 Å². The Kier molecular flexibility index (Phi) is 6.90. The number of carbonyl (C=O) groups is 2. The summed E-state index contributed by atoms with van der Waals surface area (Å²) < 4.78 is 10.3. The van der Waals surface area contributed by atoms with Crippen LogP contribution in [0, 0.1) is 11.3 Å². The van der Waals surface area contributed by atoms with Crippen molar-refractivity contribution in [2.24, 2.45) is 0 Å². The zero-order valence-electron chi connectivity index (χ0n) is 15.6. The molecule has 0 fully saturated rings. The van der Waals surface area contributed by atoms with Crippen molar-refractivity contribution in [2.45, 2.75) is 26.4 Å². The fourth-order valence-corrected chi connectivity index (χ4v) is 2.42. The van der Waals surface area contributed by atoms with Crippen molar-refractivity contribution in [2.75, 3.05) is 7.11 Å². The van der Waals surface area contributed by atoms with Crippen LogP contribution in [0.25, 0.3) is 6.08 Å². The molecule has 5 nitrogen and oxygen atoms in total. The maximum absolute atomic E-state index is 12.4. The Labute approximate surface area is 158 Å². The van der Waals surface area contributed by atoms with Gasteiger partial charge in [0.25, 0.3) is 0 Å². The third kappa shape index (κ3) is 5.29. The SMILES string of the molecule is CCc1ccc(C(=O)[C@H](C)OC(=O)/C(C#N)=C/c2ccc(OC)cc2)cc1. The van der Waals surface area contributed by atoms with Gasteiger partial charge in [0.2, 0.25) is 5.78 Å². The molecule has 1 atom stereocenters. The van der Waals surface area contributed by atoms with Gasteiger partial charge in [-0.15, -0.1) is 0 Å². The first-order chi connectivity index (χ1) is 13.0. The number of methoxy groups -OCH3 is 1. The Morgan fingerprint density at radius 3 is 2.26 bits per heavy atom. The predicted molar refractivity (Wildman–Crippen MR) is 102 cm³/mol. The quantitative estimate of drug-likeness (QED) is 0.322. The summed E-state index contributed by atoms with van der Waals surface area (Å²) in [6.07, 6.45) is 1.30. The molecule has 5 heteroatoms. The van der Waals surface area contributed by atoms with E-state index in [1.807, 2.05) is 25.1 Å². The summed E-state index contributed by atoms with van der Waals surface area (Å²) in [5.74, 6) is -0.478. The van der Waals surface area contributed by atoms with E-state index in [0.29, 0.717) is 16.9 Å². The van der Waals surface area contributed by atoms with Gasteiger partial charge in [0.1, 0.15) is 17.4 Å². The Hall–Kier alpha value is -3.39. The van der Waals surface area contributed by atoms with Crippen LogP contribution in [0.5, 0.6) is 5.75 Å². The smallest absolute Gasteiger partial charge is 0.349 e. The summed E-state index contributed by atoms with van der Waals surface area (Å²) in [6.45, 7) is 3.52. The molecule has 0 amide bonds. The maximum Gasteiger partial charge on any atom is 0.349 e. The summed E-state index contributed by atoms with van der Waals surface area (Å²) in [5, 5.41) is 9.26. The molecule has 0 spiro atoms. The van der Waals surface area contributed by atoms with E-state index < -0.39 is 12.1 Å². The van der Waals surface area contributed by atoms with Gasteiger partial charge >= 0.3 is 5.97 Å². The molecule has 0 bridgehead atoms. The minimum absolute atomic E-state index is 0.179. The van der Waals surface area contributed by atoms with E-state index in [2.05, 4.69) is 0 Å². The number of hydrogen-bond donors (Lipinski definition) is 0. The molecule has 0 radical (unpaired) electrons. The summed E-state index contributed by atoms with van der Waals surface area (Å²) in [7, 11) is 1.55. The Balaban J connectivity index is 2.08. The number of Topliss-reactive ketones (excluding diaryl/α,β-unsaturated/α-hetero) is 1. The highest BCUT2D eigenvalue weighted by molar-refractivity contribution is 6.03. The molecular formula is C22H21NO4. The van der Waals surface area contributed by atoms with Gasteiger partial charge in [-0.1, -0.05) is 43.3 Å². The second-order valence-corrected chi connectivity index (χ2v) is 5.91. The second kappa shape index (κ2) is 9.35. The number of nitriles is 1. The van der Waals surface area contributed by atoms with E-state index in [1.54, 1.807) is 43.5 Å². The predicted octanol–water partition coefficient (Wildman–Crippen LogP) is 3.98. The van der Waals surface area contributed by atoms with Gasteiger partial charge in [0, 0.05) is 5.56 Å². The van der Waals surface area contributed by atoms with Crippen molar-refractivity contribution >= 4 is 17.8 Å². The molecule has 0 heterocycles. The Morgan fingerprint density at radius 1 is 1.11 bits per heavy atom. The number of nitrogens with zero attached hydrogens (tertiary/aromatic N) is 1. The number of hydrogen-bond acceptors (Lipinski definition) is 5. The van der Waals surface area contributed by atoms with Crippen LogP contribution in [-0.2, 0) is 16.0 Å². The normalized spacial score (nSPS) is 12.0. The first kappa shape index (κ1) is 19.9. The summed E-state index contributed by atoms with van der Waals surface area (Å²) in [5.41, 5.74) is 2.05. The van der Waals surface area contributed by atoms with Crippen molar-refractivity contribution in [1.29, 1.82) is 5.26 Å². The highest BCUT2D eigenvalue weighted by Gasteiger charge is 2.21. The van der Waals surface area contributed by atoms with E-state index >= 15 is 0 Å². The van der Waals surface area contributed by atoms with Gasteiger partial charge < -0.3 is 9.47 Å². The standard InChI is InChI=1S/C22H21NO4/c1-4-16-5-9-18(10-6-16)21(24)15(2)27-22(25)19(14-23)13-17-7-11-20(26-3)12-8-17/h5-13,15H,4H2,1-3H3/b19-13+/t15-/m0/s1. The van der Waals surface area contributed by atoms with Crippen LogP contribution in [0.1, 0.15) is 35.3 Å². The van der Waals surface area contributed by atoms with Crippen molar-refractivity contribution < 1.29 is 19.1 Å². The van der Waals surface area contributed by atoms with Gasteiger partial charge in [-0.25, -0.2) is 4.79 Å².